The Morgan fingerprint density at radius 2 is 1.96 bits per heavy atom. The van der Waals surface area contributed by atoms with Crippen LogP contribution in [0.15, 0.2) is 35.4 Å². The van der Waals surface area contributed by atoms with E-state index in [1.165, 1.54) is 5.01 Å². The van der Waals surface area contributed by atoms with Crippen molar-refractivity contribution in [3.8, 4) is 0 Å². The van der Waals surface area contributed by atoms with Crippen LogP contribution in [0.1, 0.15) is 26.7 Å². The molecule has 122 valence electrons. The minimum atomic E-state index is -0.659. The molecule has 23 heavy (non-hydrogen) atoms. The molecule has 1 aliphatic rings. The molecule has 0 radical (unpaired) electrons. The maximum Gasteiger partial charge on any atom is 0.268 e. The largest absolute Gasteiger partial charge is 0.355 e. The molecule has 0 aromatic heterocycles. The van der Waals surface area contributed by atoms with Gasteiger partial charge in [0.1, 0.15) is 11.8 Å². The highest BCUT2D eigenvalue weighted by atomic mass is 16.2. The molecule has 1 aromatic carbocycles. The Balaban J connectivity index is 2.11. The molecular weight excluding hydrogens is 296 g/mol. The number of hydrogen-bond acceptors (Lipinski definition) is 4. The molecule has 7 heteroatoms. The molecule has 2 rings (SSSR count). The van der Waals surface area contributed by atoms with Gasteiger partial charge in [-0.3, -0.25) is 14.4 Å². The fourth-order valence-electron chi connectivity index (χ4n) is 2.16. The third kappa shape index (κ3) is 4.15. The lowest BCUT2D eigenvalue weighted by molar-refractivity contribution is -0.126. The molecule has 0 aliphatic carbocycles. The Hall–Kier alpha value is -2.70. The molecule has 0 bridgehead atoms. The summed E-state index contributed by atoms with van der Waals surface area (Å²) in [6, 6.07) is 8.27. The van der Waals surface area contributed by atoms with E-state index in [4.69, 9.17) is 0 Å². The topological polar surface area (TPSA) is 90.9 Å². The zero-order valence-corrected chi connectivity index (χ0v) is 13.2. The summed E-state index contributed by atoms with van der Waals surface area (Å²) >= 11 is 0. The third-order valence-corrected chi connectivity index (χ3v) is 3.39. The summed E-state index contributed by atoms with van der Waals surface area (Å²) in [6.07, 6.45) is 0.465. The van der Waals surface area contributed by atoms with E-state index in [9.17, 15) is 14.4 Å². The average Bonchev–Trinajstić information content (AvgIpc) is 2.56. The number of nitrogens with one attached hydrogen (secondary N) is 2. The van der Waals surface area contributed by atoms with Gasteiger partial charge in [0.15, 0.2) is 0 Å². The van der Waals surface area contributed by atoms with Crippen LogP contribution in [-0.4, -0.2) is 36.0 Å². The number of para-hydroxylation sites is 1. The molecule has 1 aliphatic heterocycles. The number of amides is 3. The van der Waals surface area contributed by atoms with Gasteiger partial charge in [-0.15, -0.1) is 0 Å². The molecule has 2 N–H and O–H groups in total. The Labute approximate surface area is 134 Å². The number of benzene rings is 1. The number of rotatable bonds is 5. The Bertz CT molecular complexity index is 627. The number of anilines is 1. The zero-order chi connectivity index (χ0) is 16.8. The number of carbonyl (C=O) groups excluding carboxylic acids is 3. The summed E-state index contributed by atoms with van der Waals surface area (Å²) in [5, 5.41) is 10.6. The van der Waals surface area contributed by atoms with Gasteiger partial charge in [0.2, 0.25) is 11.8 Å². The fraction of sp³-hybridized carbons (Fsp3) is 0.375. The molecule has 1 atom stereocenters. The van der Waals surface area contributed by atoms with Crippen molar-refractivity contribution >= 4 is 29.1 Å². The number of hydrazone groups is 1. The highest BCUT2D eigenvalue weighted by molar-refractivity contribution is 6.40. The van der Waals surface area contributed by atoms with Crippen molar-refractivity contribution < 1.29 is 14.4 Å². The van der Waals surface area contributed by atoms with Crippen LogP contribution in [0.5, 0.6) is 0 Å². The summed E-state index contributed by atoms with van der Waals surface area (Å²) in [6.45, 7) is 3.91. The van der Waals surface area contributed by atoms with Crippen molar-refractivity contribution in [3.63, 3.8) is 0 Å². The van der Waals surface area contributed by atoms with Gasteiger partial charge < -0.3 is 10.6 Å². The van der Waals surface area contributed by atoms with Crippen LogP contribution in [0.25, 0.3) is 0 Å². The Morgan fingerprint density at radius 3 is 2.61 bits per heavy atom. The van der Waals surface area contributed by atoms with Gasteiger partial charge in [-0.05, 0) is 26.0 Å². The van der Waals surface area contributed by atoms with E-state index in [0.29, 0.717) is 12.2 Å². The van der Waals surface area contributed by atoms with E-state index in [1.54, 1.807) is 38.1 Å². The first-order chi connectivity index (χ1) is 11.0. The summed E-state index contributed by atoms with van der Waals surface area (Å²) in [4.78, 5) is 35.9. The van der Waals surface area contributed by atoms with E-state index in [1.807, 2.05) is 6.07 Å². The average molecular weight is 316 g/mol. The van der Waals surface area contributed by atoms with Gasteiger partial charge >= 0.3 is 0 Å². The lowest BCUT2D eigenvalue weighted by Crippen LogP contribution is -2.48. The lowest BCUT2D eigenvalue weighted by Gasteiger charge is -2.23. The van der Waals surface area contributed by atoms with E-state index in [0.717, 1.165) is 0 Å². The van der Waals surface area contributed by atoms with Gasteiger partial charge in [-0.2, -0.15) is 5.10 Å². The van der Waals surface area contributed by atoms with Crippen molar-refractivity contribution in [3.05, 3.63) is 30.3 Å². The first-order valence-electron chi connectivity index (χ1n) is 7.57. The molecule has 0 fully saturated rings. The second-order valence-corrected chi connectivity index (χ2v) is 5.18. The van der Waals surface area contributed by atoms with Crippen LogP contribution >= 0.6 is 0 Å². The number of carbonyl (C=O) groups is 3. The molecule has 1 heterocycles. The van der Waals surface area contributed by atoms with Crippen LogP contribution < -0.4 is 15.6 Å². The molecule has 7 nitrogen and oxygen atoms in total. The molecule has 0 saturated carbocycles. The Morgan fingerprint density at radius 1 is 1.26 bits per heavy atom. The van der Waals surface area contributed by atoms with Crippen LogP contribution in [-0.2, 0) is 14.4 Å². The van der Waals surface area contributed by atoms with Gasteiger partial charge in [0, 0.05) is 19.4 Å². The first kappa shape index (κ1) is 16.7. The molecule has 0 unspecified atom stereocenters. The molecule has 1 aromatic rings. The van der Waals surface area contributed by atoms with Crippen molar-refractivity contribution in [1.82, 2.24) is 10.6 Å². The van der Waals surface area contributed by atoms with Crippen LogP contribution in [0.3, 0.4) is 0 Å². The van der Waals surface area contributed by atoms with Crippen LogP contribution in [0.4, 0.5) is 5.69 Å². The number of hydrogen-bond donors (Lipinski definition) is 2. The normalized spacial score (nSPS) is 15.7. The van der Waals surface area contributed by atoms with E-state index in [2.05, 4.69) is 15.7 Å². The maximum absolute atomic E-state index is 12.2. The molecule has 3 amide bonds. The SMILES string of the molecule is CCNC(=O)[C@@H](C)NC(=O)C1=NN(c2ccccc2)C(=O)CC1. The van der Waals surface area contributed by atoms with Gasteiger partial charge in [-0.25, -0.2) is 5.01 Å². The van der Waals surface area contributed by atoms with E-state index >= 15 is 0 Å². The van der Waals surface area contributed by atoms with Gasteiger partial charge in [-0.1, -0.05) is 18.2 Å². The number of likely N-dealkylation sites (N-methyl/N-ethyl adjacent to an activating group) is 1. The highest BCUT2D eigenvalue weighted by Gasteiger charge is 2.27. The quantitative estimate of drug-likeness (QED) is 0.842. The summed E-state index contributed by atoms with van der Waals surface area (Å²) in [5.41, 5.74) is 0.851. The van der Waals surface area contributed by atoms with Gasteiger partial charge in [0.05, 0.1) is 5.69 Å². The summed E-state index contributed by atoms with van der Waals surface area (Å²) in [7, 11) is 0. The zero-order valence-electron chi connectivity index (χ0n) is 13.2. The Kier molecular flexibility index (Phi) is 5.46. The van der Waals surface area contributed by atoms with Crippen LogP contribution in [0.2, 0.25) is 0 Å². The molecular formula is C16H20N4O3. The smallest absolute Gasteiger partial charge is 0.268 e. The first-order valence-corrected chi connectivity index (χ1v) is 7.57. The standard InChI is InChI=1S/C16H20N4O3/c1-3-17-15(22)11(2)18-16(23)13-9-10-14(21)20(19-13)12-7-5-4-6-8-12/h4-8,11H,3,9-10H2,1-2H3,(H,17,22)(H,18,23)/t11-/m1/s1. The summed E-state index contributed by atoms with van der Waals surface area (Å²) < 4.78 is 0. The van der Waals surface area contributed by atoms with Crippen molar-refractivity contribution in [1.29, 1.82) is 0 Å². The molecule has 0 saturated heterocycles. The molecule has 0 spiro atoms. The third-order valence-electron chi connectivity index (χ3n) is 3.39. The van der Waals surface area contributed by atoms with Gasteiger partial charge in [0.25, 0.3) is 5.91 Å². The van der Waals surface area contributed by atoms with Crippen molar-refractivity contribution in [2.45, 2.75) is 32.7 Å². The van der Waals surface area contributed by atoms with Crippen molar-refractivity contribution in [2.75, 3.05) is 11.6 Å². The summed E-state index contributed by atoms with van der Waals surface area (Å²) in [5.74, 6) is -0.852. The second-order valence-electron chi connectivity index (χ2n) is 5.18. The van der Waals surface area contributed by atoms with Crippen molar-refractivity contribution in [2.24, 2.45) is 5.10 Å². The lowest BCUT2D eigenvalue weighted by atomic mass is 10.1. The van der Waals surface area contributed by atoms with Crippen LogP contribution in [0, 0.1) is 0 Å². The highest BCUT2D eigenvalue weighted by Crippen LogP contribution is 2.19. The monoisotopic (exact) mass is 316 g/mol. The fourth-order valence-corrected chi connectivity index (χ4v) is 2.16. The minimum absolute atomic E-state index is 0.162. The predicted molar refractivity (Wildman–Crippen MR) is 86.9 cm³/mol. The predicted octanol–water partition coefficient (Wildman–Crippen LogP) is 0.810. The van der Waals surface area contributed by atoms with E-state index in [-0.39, 0.29) is 30.4 Å². The van der Waals surface area contributed by atoms with E-state index < -0.39 is 11.9 Å². The maximum atomic E-state index is 12.2. The second kappa shape index (κ2) is 7.53. The number of nitrogens with zero attached hydrogens (tertiary/aromatic N) is 2. The minimum Gasteiger partial charge on any atom is -0.355 e.